The van der Waals surface area contributed by atoms with E-state index in [2.05, 4.69) is 0 Å². The molecule has 0 radical (unpaired) electrons. The van der Waals surface area contributed by atoms with Crippen LogP contribution in [0.15, 0.2) is 24.3 Å². The van der Waals surface area contributed by atoms with Crippen LogP contribution in [0.3, 0.4) is 0 Å². The molecule has 0 fully saturated rings. The lowest BCUT2D eigenvalue weighted by Crippen LogP contribution is -2.00. The minimum Gasteiger partial charge on any atom is -0.493 e. The number of hydrogen-bond acceptors (Lipinski definition) is 4. The summed E-state index contributed by atoms with van der Waals surface area (Å²) in [4.78, 5) is 0. The standard InChI is InChI=1S/C13H16O4/c1-14-11-7-9(10-5-4-6-17-10)8-12(15-2)13(11)16-3/h4-5,7-8,10H,6H2,1-3H3. The van der Waals surface area contributed by atoms with Gasteiger partial charge in [0.05, 0.1) is 27.9 Å². The molecule has 0 saturated carbocycles. The number of rotatable bonds is 4. The van der Waals surface area contributed by atoms with Gasteiger partial charge in [-0.2, -0.15) is 0 Å². The molecular weight excluding hydrogens is 220 g/mol. The molecule has 0 saturated heterocycles. The first-order valence-electron chi connectivity index (χ1n) is 5.38. The molecule has 1 aliphatic heterocycles. The summed E-state index contributed by atoms with van der Waals surface area (Å²) in [5, 5.41) is 0. The molecule has 4 heteroatoms. The SMILES string of the molecule is COc1cc(C2C=CCO2)cc(OC)c1OC. The van der Waals surface area contributed by atoms with Gasteiger partial charge < -0.3 is 18.9 Å². The summed E-state index contributed by atoms with van der Waals surface area (Å²) >= 11 is 0. The van der Waals surface area contributed by atoms with E-state index in [1.165, 1.54) is 0 Å². The first-order valence-corrected chi connectivity index (χ1v) is 5.38. The Morgan fingerprint density at radius 2 is 1.71 bits per heavy atom. The van der Waals surface area contributed by atoms with E-state index in [4.69, 9.17) is 18.9 Å². The van der Waals surface area contributed by atoms with Crippen molar-refractivity contribution in [2.24, 2.45) is 0 Å². The van der Waals surface area contributed by atoms with E-state index in [1.807, 2.05) is 24.3 Å². The lowest BCUT2D eigenvalue weighted by molar-refractivity contribution is 0.129. The predicted molar refractivity (Wildman–Crippen MR) is 63.9 cm³/mol. The van der Waals surface area contributed by atoms with Gasteiger partial charge in [-0.15, -0.1) is 0 Å². The molecule has 0 aromatic heterocycles. The van der Waals surface area contributed by atoms with Gasteiger partial charge in [0.2, 0.25) is 5.75 Å². The topological polar surface area (TPSA) is 36.9 Å². The van der Waals surface area contributed by atoms with Crippen LogP contribution in [0, 0.1) is 0 Å². The molecule has 0 aliphatic carbocycles. The maximum absolute atomic E-state index is 5.55. The van der Waals surface area contributed by atoms with Crippen LogP contribution in [0.5, 0.6) is 17.2 Å². The molecule has 4 nitrogen and oxygen atoms in total. The number of benzene rings is 1. The molecule has 0 amide bonds. The summed E-state index contributed by atoms with van der Waals surface area (Å²) in [5.41, 5.74) is 0.994. The van der Waals surface area contributed by atoms with Gasteiger partial charge in [-0.25, -0.2) is 0 Å². The molecule has 2 rings (SSSR count). The average Bonchev–Trinajstić information content (AvgIpc) is 2.90. The Morgan fingerprint density at radius 3 is 2.12 bits per heavy atom. The van der Waals surface area contributed by atoms with E-state index in [0.717, 1.165) is 5.56 Å². The van der Waals surface area contributed by atoms with Gasteiger partial charge in [0.25, 0.3) is 0 Å². The van der Waals surface area contributed by atoms with Crippen LogP contribution < -0.4 is 14.2 Å². The Hall–Kier alpha value is -1.68. The highest BCUT2D eigenvalue weighted by atomic mass is 16.5. The molecule has 1 unspecified atom stereocenters. The molecule has 1 heterocycles. The maximum atomic E-state index is 5.55. The molecule has 92 valence electrons. The van der Waals surface area contributed by atoms with Crippen molar-refractivity contribution in [2.75, 3.05) is 27.9 Å². The zero-order chi connectivity index (χ0) is 12.3. The van der Waals surface area contributed by atoms with E-state index < -0.39 is 0 Å². The summed E-state index contributed by atoms with van der Waals surface area (Å²) in [6.45, 7) is 0.640. The molecule has 0 N–H and O–H groups in total. The first kappa shape index (κ1) is 11.8. The largest absolute Gasteiger partial charge is 0.493 e. The fourth-order valence-corrected chi connectivity index (χ4v) is 1.87. The van der Waals surface area contributed by atoms with Crippen LogP contribution in [-0.4, -0.2) is 27.9 Å². The number of methoxy groups -OCH3 is 3. The van der Waals surface area contributed by atoms with Gasteiger partial charge in [-0.1, -0.05) is 12.2 Å². The van der Waals surface area contributed by atoms with Crippen molar-refractivity contribution in [1.29, 1.82) is 0 Å². The smallest absolute Gasteiger partial charge is 0.203 e. The molecule has 1 aromatic carbocycles. The fraction of sp³-hybridized carbons (Fsp3) is 0.385. The van der Waals surface area contributed by atoms with Gasteiger partial charge in [-0.3, -0.25) is 0 Å². The van der Waals surface area contributed by atoms with Crippen molar-refractivity contribution in [2.45, 2.75) is 6.10 Å². The Balaban J connectivity index is 2.44. The highest BCUT2D eigenvalue weighted by Gasteiger charge is 2.19. The average molecular weight is 236 g/mol. The van der Waals surface area contributed by atoms with Crippen molar-refractivity contribution in [3.8, 4) is 17.2 Å². The summed E-state index contributed by atoms with van der Waals surface area (Å²) in [7, 11) is 4.80. The summed E-state index contributed by atoms with van der Waals surface area (Å²) in [6, 6.07) is 3.81. The number of ether oxygens (including phenoxy) is 4. The third kappa shape index (κ3) is 2.22. The summed E-state index contributed by atoms with van der Waals surface area (Å²) < 4.78 is 21.4. The molecule has 1 atom stereocenters. The lowest BCUT2D eigenvalue weighted by atomic mass is 10.1. The Kier molecular flexibility index (Phi) is 3.54. The number of hydrogen-bond donors (Lipinski definition) is 0. The lowest BCUT2D eigenvalue weighted by Gasteiger charge is -2.16. The first-order chi connectivity index (χ1) is 8.30. The molecule has 17 heavy (non-hydrogen) atoms. The normalized spacial score (nSPS) is 18.2. The Morgan fingerprint density at radius 1 is 1.06 bits per heavy atom. The third-order valence-electron chi connectivity index (χ3n) is 2.70. The van der Waals surface area contributed by atoms with E-state index in [0.29, 0.717) is 23.9 Å². The van der Waals surface area contributed by atoms with Crippen LogP contribution >= 0.6 is 0 Å². The second-order valence-corrected chi connectivity index (χ2v) is 3.64. The molecule has 1 aromatic rings. The van der Waals surface area contributed by atoms with Crippen molar-refractivity contribution in [3.63, 3.8) is 0 Å². The fourth-order valence-electron chi connectivity index (χ4n) is 1.87. The van der Waals surface area contributed by atoms with E-state index in [9.17, 15) is 0 Å². The van der Waals surface area contributed by atoms with Crippen LogP contribution in [-0.2, 0) is 4.74 Å². The van der Waals surface area contributed by atoms with Crippen molar-refractivity contribution < 1.29 is 18.9 Å². The maximum Gasteiger partial charge on any atom is 0.203 e. The minimum absolute atomic E-state index is 0.0382. The Labute approximate surface area is 101 Å². The second-order valence-electron chi connectivity index (χ2n) is 3.64. The quantitative estimate of drug-likeness (QED) is 0.752. The van der Waals surface area contributed by atoms with E-state index >= 15 is 0 Å². The summed E-state index contributed by atoms with van der Waals surface area (Å²) in [5.74, 6) is 1.89. The van der Waals surface area contributed by atoms with Gasteiger partial charge in [-0.05, 0) is 17.7 Å². The van der Waals surface area contributed by atoms with Gasteiger partial charge in [0.1, 0.15) is 6.10 Å². The van der Waals surface area contributed by atoms with Crippen LogP contribution in [0.1, 0.15) is 11.7 Å². The molecule has 0 bridgehead atoms. The van der Waals surface area contributed by atoms with Crippen molar-refractivity contribution >= 4 is 0 Å². The predicted octanol–water partition coefficient (Wildman–Crippen LogP) is 2.34. The third-order valence-corrected chi connectivity index (χ3v) is 2.70. The highest BCUT2D eigenvalue weighted by molar-refractivity contribution is 5.54. The van der Waals surface area contributed by atoms with Crippen molar-refractivity contribution in [1.82, 2.24) is 0 Å². The second kappa shape index (κ2) is 5.10. The van der Waals surface area contributed by atoms with E-state index in [1.54, 1.807) is 21.3 Å². The van der Waals surface area contributed by atoms with Crippen LogP contribution in [0.4, 0.5) is 0 Å². The Bertz CT molecular complexity index is 400. The highest BCUT2D eigenvalue weighted by Crippen LogP contribution is 2.40. The monoisotopic (exact) mass is 236 g/mol. The zero-order valence-corrected chi connectivity index (χ0v) is 10.2. The molecule has 0 spiro atoms. The summed E-state index contributed by atoms with van der Waals surface area (Å²) in [6.07, 6.45) is 3.97. The zero-order valence-electron chi connectivity index (χ0n) is 10.2. The van der Waals surface area contributed by atoms with Gasteiger partial charge in [0, 0.05) is 0 Å². The van der Waals surface area contributed by atoms with Crippen LogP contribution in [0.25, 0.3) is 0 Å². The van der Waals surface area contributed by atoms with Crippen molar-refractivity contribution in [3.05, 3.63) is 29.8 Å². The van der Waals surface area contributed by atoms with Gasteiger partial charge in [0.15, 0.2) is 11.5 Å². The minimum atomic E-state index is -0.0382. The molecular formula is C13H16O4. The molecule has 1 aliphatic rings. The van der Waals surface area contributed by atoms with Gasteiger partial charge >= 0.3 is 0 Å². The van der Waals surface area contributed by atoms with Crippen LogP contribution in [0.2, 0.25) is 0 Å². The van der Waals surface area contributed by atoms with E-state index in [-0.39, 0.29) is 6.10 Å².